The number of amides is 4. The first-order chi connectivity index (χ1) is 17.4. The van der Waals surface area contributed by atoms with Crippen LogP contribution in [0.15, 0.2) is 72.8 Å². The van der Waals surface area contributed by atoms with E-state index in [0.717, 1.165) is 0 Å². The first-order valence-electron chi connectivity index (χ1n) is 10.6. The molecular formula is C25H24N4O7. The maximum atomic E-state index is 12.2. The Labute approximate surface area is 206 Å². The van der Waals surface area contributed by atoms with E-state index in [0.29, 0.717) is 22.9 Å². The minimum Gasteiger partial charge on any atom is -0.493 e. The first-order valence-corrected chi connectivity index (χ1v) is 10.6. The van der Waals surface area contributed by atoms with Gasteiger partial charge >= 0.3 is 12.0 Å². The Morgan fingerprint density at radius 1 is 0.694 bits per heavy atom. The van der Waals surface area contributed by atoms with Gasteiger partial charge in [-0.1, -0.05) is 18.2 Å². The summed E-state index contributed by atoms with van der Waals surface area (Å²) in [6.45, 7) is -0.621. The molecule has 186 valence electrons. The Hall–Kier alpha value is -5.06. The van der Waals surface area contributed by atoms with Crippen LogP contribution in [0.5, 0.6) is 11.5 Å². The number of rotatable bonds is 8. The van der Waals surface area contributed by atoms with Crippen LogP contribution in [0, 0.1) is 0 Å². The number of anilines is 2. The van der Waals surface area contributed by atoms with Crippen LogP contribution in [0.3, 0.4) is 0 Å². The highest BCUT2D eigenvalue weighted by Gasteiger charge is 2.14. The topological polar surface area (TPSA) is 144 Å². The van der Waals surface area contributed by atoms with Crippen molar-refractivity contribution in [3.05, 3.63) is 83.9 Å². The van der Waals surface area contributed by atoms with Crippen molar-refractivity contribution in [2.45, 2.75) is 0 Å². The van der Waals surface area contributed by atoms with E-state index in [1.54, 1.807) is 30.3 Å². The molecule has 0 saturated heterocycles. The quantitative estimate of drug-likeness (QED) is 0.280. The lowest BCUT2D eigenvalue weighted by Crippen LogP contribution is -2.43. The molecule has 11 heteroatoms. The van der Waals surface area contributed by atoms with Gasteiger partial charge in [-0.15, -0.1) is 0 Å². The van der Waals surface area contributed by atoms with Gasteiger partial charge in [0.2, 0.25) is 0 Å². The maximum Gasteiger partial charge on any atom is 0.338 e. The molecule has 0 unspecified atom stereocenters. The molecule has 4 amide bonds. The molecule has 0 aliphatic heterocycles. The highest BCUT2D eigenvalue weighted by molar-refractivity contribution is 6.00. The minimum absolute atomic E-state index is 0.172. The van der Waals surface area contributed by atoms with Gasteiger partial charge in [-0.3, -0.25) is 20.4 Å². The van der Waals surface area contributed by atoms with Crippen LogP contribution >= 0.6 is 0 Å². The monoisotopic (exact) mass is 492 g/mol. The average Bonchev–Trinajstić information content (AvgIpc) is 2.90. The molecule has 0 heterocycles. The van der Waals surface area contributed by atoms with Crippen molar-refractivity contribution in [2.24, 2.45) is 0 Å². The van der Waals surface area contributed by atoms with Gasteiger partial charge in [-0.25, -0.2) is 9.59 Å². The number of nitrogens with one attached hydrogen (secondary N) is 4. The predicted molar refractivity (Wildman–Crippen MR) is 131 cm³/mol. The summed E-state index contributed by atoms with van der Waals surface area (Å²) in [4.78, 5) is 48.4. The number of carbonyl (C=O) groups excluding carboxylic acids is 4. The molecule has 3 aromatic carbocycles. The third kappa shape index (κ3) is 7.22. The van der Waals surface area contributed by atoms with Crippen LogP contribution in [0.1, 0.15) is 20.7 Å². The van der Waals surface area contributed by atoms with E-state index in [-0.39, 0.29) is 11.1 Å². The average molecular weight is 492 g/mol. The van der Waals surface area contributed by atoms with Gasteiger partial charge < -0.3 is 24.8 Å². The Morgan fingerprint density at radius 2 is 1.31 bits per heavy atom. The molecule has 0 spiro atoms. The Kier molecular flexibility index (Phi) is 8.82. The molecule has 0 bridgehead atoms. The highest BCUT2D eigenvalue weighted by Crippen LogP contribution is 2.27. The lowest BCUT2D eigenvalue weighted by molar-refractivity contribution is -0.125. The number of carbonyl (C=O) groups is 4. The van der Waals surface area contributed by atoms with E-state index >= 15 is 0 Å². The highest BCUT2D eigenvalue weighted by atomic mass is 16.5. The smallest absolute Gasteiger partial charge is 0.338 e. The molecule has 4 N–H and O–H groups in total. The summed E-state index contributed by atoms with van der Waals surface area (Å²) >= 11 is 0. The number of urea groups is 1. The minimum atomic E-state index is -0.753. The van der Waals surface area contributed by atoms with Crippen molar-refractivity contribution in [3.63, 3.8) is 0 Å². The number of methoxy groups -OCH3 is 2. The zero-order valence-corrected chi connectivity index (χ0v) is 19.5. The second kappa shape index (κ2) is 12.4. The second-order valence-corrected chi connectivity index (χ2v) is 7.17. The van der Waals surface area contributed by atoms with Gasteiger partial charge in [-0.2, -0.15) is 0 Å². The van der Waals surface area contributed by atoms with E-state index in [9.17, 15) is 19.2 Å². The predicted octanol–water partition coefficient (Wildman–Crippen LogP) is 2.97. The molecular weight excluding hydrogens is 468 g/mol. The van der Waals surface area contributed by atoms with Crippen LogP contribution in [0.25, 0.3) is 0 Å². The largest absolute Gasteiger partial charge is 0.493 e. The molecule has 0 saturated carbocycles. The molecule has 3 aromatic rings. The lowest BCUT2D eigenvalue weighted by atomic mass is 10.2. The van der Waals surface area contributed by atoms with Crippen molar-refractivity contribution < 1.29 is 33.4 Å². The number of esters is 1. The Bertz CT molecular complexity index is 1230. The van der Waals surface area contributed by atoms with Crippen LogP contribution in [0.2, 0.25) is 0 Å². The fraction of sp³-hybridized carbons (Fsp3) is 0.120. The van der Waals surface area contributed by atoms with Gasteiger partial charge in [0, 0.05) is 16.9 Å². The molecule has 11 nitrogen and oxygen atoms in total. The molecule has 3 rings (SSSR count). The van der Waals surface area contributed by atoms with Gasteiger partial charge in [-0.05, 0) is 54.6 Å². The number of ether oxygens (including phenoxy) is 3. The van der Waals surface area contributed by atoms with Gasteiger partial charge in [0.1, 0.15) is 0 Å². The number of hydrazine groups is 1. The molecule has 0 atom stereocenters. The van der Waals surface area contributed by atoms with Crippen molar-refractivity contribution in [1.82, 2.24) is 10.9 Å². The molecule has 0 aliphatic carbocycles. The van der Waals surface area contributed by atoms with E-state index in [2.05, 4.69) is 21.5 Å². The van der Waals surface area contributed by atoms with Crippen molar-refractivity contribution >= 4 is 35.2 Å². The molecule has 0 aromatic heterocycles. The third-order valence-corrected chi connectivity index (χ3v) is 4.71. The number of hydrogen-bond acceptors (Lipinski definition) is 7. The van der Waals surface area contributed by atoms with E-state index in [1.165, 1.54) is 50.6 Å². The standard InChI is InChI=1S/C25H24N4O7/c1-34-20-13-10-17(14-21(20)35-2)23(31)29-28-22(30)15-36-24(32)16-8-11-19(12-9-16)27-25(33)26-18-6-4-3-5-7-18/h3-14H,15H2,1-2H3,(H,28,30)(H,29,31)(H2,26,27,33). The maximum absolute atomic E-state index is 12.2. The summed E-state index contributed by atoms with van der Waals surface area (Å²) < 4.78 is 15.2. The summed E-state index contributed by atoms with van der Waals surface area (Å²) in [5, 5.41) is 5.31. The first kappa shape index (κ1) is 25.6. The van der Waals surface area contributed by atoms with E-state index < -0.39 is 30.4 Å². The van der Waals surface area contributed by atoms with E-state index in [4.69, 9.17) is 14.2 Å². The molecule has 0 radical (unpaired) electrons. The van der Waals surface area contributed by atoms with Gasteiger partial charge in [0.05, 0.1) is 19.8 Å². The van der Waals surface area contributed by atoms with Crippen LogP contribution in [-0.4, -0.2) is 44.6 Å². The van der Waals surface area contributed by atoms with Crippen LogP contribution in [-0.2, 0) is 9.53 Å². The summed E-state index contributed by atoms with van der Waals surface area (Å²) in [5.41, 5.74) is 5.86. The van der Waals surface area contributed by atoms with Crippen LogP contribution < -0.4 is 31.0 Å². The molecule has 0 aliphatic rings. The van der Waals surface area contributed by atoms with Gasteiger partial charge in [0.25, 0.3) is 11.8 Å². The second-order valence-electron chi connectivity index (χ2n) is 7.17. The summed E-state index contributed by atoms with van der Waals surface area (Å²) in [6, 6.07) is 18.9. The van der Waals surface area contributed by atoms with Crippen LogP contribution in [0.4, 0.5) is 16.2 Å². The fourth-order valence-corrected chi connectivity index (χ4v) is 2.93. The SMILES string of the molecule is COc1ccc(C(=O)NNC(=O)COC(=O)c2ccc(NC(=O)Nc3ccccc3)cc2)cc1OC. The zero-order valence-electron chi connectivity index (χ0n) is 19.5. The van der Waals surface area contributed by atoms with Crippen molar-refractivity contribution in [3.8, 4) is 11.5 Å². The third-order valence-electron chi connectivity index (χ3n) is 4.71. The number of hydrogen-bond donors (Lipinski definition) is 4. The molecule has 0 fully saturated rings. The fourth-order valence-electron chi connectivity index (χ4n) is 2.93. The number of para-hydroxylation sites is 1. The normalized spacial score (nSPS) is 9.94. The summed E-state index contributed by atoms with van der Waals surface area (Å²) in [5.74, 6) is -1.30. The van der Waals surface area contributed by atoms with E-state index in [1.807, 2.05) is 6.07 Å². The Balaban J connectivity index is 1.43. The van der Waals surface area contributed by atoms with Crippen molar-refractivity contribution in [2.75, 3.05) is 31.5 Å². The van der Waals surface area contributed by atoms with Crippen molar-refractivity contribution in [1.29, 1.82) is 0 Å². The lowest BCUT2D eigenvalue weighted by Gasteiger charge is -2.11. The number of benzene rings is 3. The van der Waals surface area contributed by atoms with Gasteiger partial charge in [0.15, 0.2) is 18.1 Å². The Morgan fingerprint density at radius 3 is 1.94 bits per heavy atom. The summed E-state index contributed by atoms with van der Waals surface area (Å²) in [6.07, 6.45) is 0. The zero-order chi connectivity index (χ0) is 25.9. The summed E-state index contributed by atoms with van der Waals surface area (Å²) in [7, 11) is 2.90. The molecule has 36 heavy (non-hydrogen) atoms.